The SMILES string of the molecule is C=C(Cl)Cl.C=CC(=O)O.CCCCC(=CC=Cc1ccccc1)C(=O)O. The van der Waals surface area contributed by atoms with Crippen molar-refractivity contribution in [2.24, 2.45) is 0 Å². The number of carboxylic acids is 2. The lowest BCUT2D eigenvalue weighted by molar-refractivity contribution is -0.133. The number of hydrogen-bond acceptors (Lipinski definition) is 2. The standard InChI is InChI=1S/C15H18O2.C3H4O2.C2H2Cl2/c1-2-3-11-14(15(16)17)12-7-10-13-8-5-4-6-9-13;1-2-3(4)5;1-2(3)4/h4-10,12H,2-3,11H2,1H3,(H,16,17);2H,1H2,(H,4,5);1H2. The van der Waals surface area contributed by atoms with Crippen molar-refractivity contribution in [1.82, 2.24) is 0 Å². The summed E-state index contributed by atoms with van der Waals surface area (Å²) < 4.78 is 0.111. The number of halogens is 2. The van der Waals surface area contributed by atoms with Crippen LogP contribution in [-0.2, 0) is 9.59 Å². The third-order valence-corrected chi connectivity index (χ3v) is 2.63. The van der Waals surface area contributed by atoms with E-state index < -0.39 is 11.9 Å². The molecule has 1 aromatic carbocycles. The summed E-state index contributed by atoms with van der Waals surface area (Å²) in [5.74, 6) is -1.80. The maximum Gasteiger partial charge on any atom is 0.331 e. The zero-order valence-electron chi connectivity index (χ0n) is 14.7. The predicted octanol–water partition coefficient (Wildman–Crippen LogP) is 6.09. The second-order valence-electron chi connectivity index (χ2n) is 4.75. The van der Waals surface area contributed by atoms with Gasteiger partial charge in [-0.15, -0.1) is 0 Å². The van der Waals surface area contributed by atoms with Crippen LogP contribution in [0.1, 0.15) is 31.7 Å². The third kappa shape index (κ3) is 19.7. The van der Waals surface area contributed by atoms with E-state index in [2.05, 4.69) is 20.1 Å². The molecular formula is C20H24Cl2O4. The Hall–Kier alpha value is -2.30. The van der Waals surface area contributed by atoms with Gasteiger partial charge in [0, 0.05) is 11.6 Å². The van der Waals surface area contributed by atoms with Crippen molar-refractivity contribution < 1.29 is 19.8 Å². The highest BCUT2D eigenvalue weighted by Gasteiger charge is 2.04. The molecule has 0 aliphatic heterocycles. The largest absolute Gasteiger partial charge is 0.478 e. The molecule has 6 heteroatoms. The molecule has 0 radical (unpaired) electrons. The summed E-state index contributed by atoms with van der Waals surface area (Å²) in [5.41, 5.74) is 1.54. The molecule has 0 bridgehead atoms. The zero-order valence-corrected chi connectivity index (χ0v) is 16.2. The molecule has 0 heterocycles. The smallest absolute Gasteiger partial charge is 0.331 e. The summed E-state index contributed by atoms with van der Waals surface area (Å²) in [4.78, 5) is 20.2. The molecule has 0 amide bonds. The quantitative estimate of drug-likeness (QED) is 0.430. The van der Waals surface area contributed by atoms with Crippen LogP contribution in [0, 0.1) is 0 Å². The van der Waals surface area contributed by atoms with E-state index in [1.165, 1.54) is 0 Å². The van der Waals surface area contributed by atoms with E-state index in [-0.39, 0.29) is 4.49 Å². The molecule has 0 spiro atoms. The van der Waals surface area contributed by atoms with Crippen LogP contribution in [-0.4, -0.2) is 22.2 Å². The van der Waals surface area contributed by atoms with E-state index in [4.69, 9.17) is 33.4 Å². The van der Waals surface area contributed by atoms with E-state index in [9.17, 15) is 9.59 Å². The fraction of sp³-hybridized carbons (Fsp3) is 0.200. The fourth-order valence-electron chi connectivity index (χ4n) is 1.47. The zero-order chi connectivity index (χ0) is 20.4. The minimum absolute atomic E-state index is 0.111. The second-order valence-corrected chi connectivity index (χ2v) is 5.86. The van der Waals surface area contributed by atoms with Gasteiger partial charge >= 0.3 is 11.9 Å². The summed E-state index contributed by atoms with van der Waals surface area (Å²) >= 11 is 9.69. The van der Waals surface area contributed by atoms with E-state index >= 15 is 0 Å². The lowest BCUT2D eigenvalue weighted by Gasteiger charge is -1.98. The van der Waals surface area contributed by atoms with Crippen LogP contribution in [0.2, 0.25) is 0 Å². The Labute approximate surface area is 164 Å². The number of hydrogen-bond donors (Lipinski definition) is 2. The third-order valence-electron chi connectivity index (χ3n) is 2.63. The Kier molecular flexibility index (Phi) is 17.5. The van der Waals surface area contributed by atoms with E-state index in [1.807, 2.05) is 36.4 Å². The van der Waals surface area contributed by atoms with Crippen molar-refractivity contribution in [3.8, 4) is 0 Å². The number of carboxylic acid groups (broad SMARTS) is 2. The topological polar surface area (TPSA) is 74.6 Å². The number of carbonyl (C=O) groups is 2. The first-order valence-electron chi connectivity index (χ1n) is 7.75. The van der Waals surface area contributed by atoms with Gasteiger partial charge in [-0.2, -0.15) is 0 Å². The molecular weight excluding hydrogens is 375 g/mol. The summed E-state index contributed by atoms with van der Waals surface area (Å²) in [6.07, 6.45) is 8.78. The van der Waals surface area contributed by atoms with Crippen LogP contribution in [0.15, 0.2) is 71.8 Å². The molecule has 0 fully saturated rings. The van der Waals surface area contributed by atoms with Crippen LogP contribution < -0.4 is 0 Å². The lowest BCUT2D eigenvalue weighted by atomic mass is 10.1. The molecule has 26 heavy (non-hydrogen) atoms. The van der Waals surface area contributed by atoms with E-state index in [1.54, 1.807) is 12.2 Å². The van der Waals surface area contributed by atoms with Crippen molar-refractivity contribution >= 4 is 41.2 Å². The molecule has 0 aromatic heterocycles. The highest BCUT2D eigenvalue weighted by molar-refractivity contribution is 6.55. The number of aliphatic carboxylic acids is 2. The van der Waals surface area contributed by atoms with Gasteiger partial charge in [-0.1, -0.05) is 98.3 Å². The molecule has 4 nitrogen and oxygen atoms in total. The monoisotopic (exact) mass is 398 g/mol. The van der Waals surface area contributed by atoms with Crippen molar-refractivity contribution in [2.45, 2.75) is 26.2 Å². The Balaban J connectivity index is 0. The minimum atomic E-state index is -0.981. The van der Waals surface area contributed by atoms with Crippen LogP contribution in [0.25, 0.3) is 6.08 Å². The molecule has 0 saturated carbocycles. The summed E-state index contributed by atoms with van der Waals surface area (Å²) in [6.45, 7) is 8.10. The van der Waals surface area contributed by atoms with Gasteiger partial charge in [-0.25, -0.2) is 9.59 Å². The minimum Gasteiger partial charge on any atom is -0.478 e. The van der Waals surface area contributed by atoms with Crippen LogP contribution in [0.5, 0.6) is 0 Å². The Morgan fingerprint density at radius 1 is 1.15 bits per heavy atom. The molecule has 1 aromatic rings. The molecule has 142 valence electrons. The highest BCUT2D eigenvalue weighted by Crippen LogP contribution is 2.09. The molecule has 0 unspecified atom stereocenters. The predicted molar refractivity (Wildman–Crippen MR) is 109 cm³/mol. The van der Waals surface area contributed by atoms with Gasteiger partial charge in [0.1, 0.15) is 0 Å². The second kappa shape index (κ2) is 17.5. The van der Waals surface area contributed by atoms with Crippen LogP contribution >= 0.6 is 23.2 Å². The van der Waals surface area contributed by atoms with Gasteiger partial charge in [0.2, 0.25) is 0 Å². The molecule has 0 atom stereocenters. The van der Waals surface area contributed by atoms with Gasteiger partial charge in [-0.3, -0.25) is 0 Å². The number of benzene rings is 1. The molecule has 2 N–H and O–H groups in total. The van der Waals surface area contributed by atoms with Crippen molar-refractivity contribution in [2.75, 3.05) is 0 Å². The normalized spacial score (nSPS) is 10.0. The van der Waals surface area contributed by atoms with Gasteiger partial charge in [0.05, 0.1) is 4.49 Å². The molecule has 0 saturated heterocycles. The maximum absolute atomic E-state index is 10.9. The van der Waals surface area contributed by atoms with E-state index in [0.29, 0.717) is 12.0 Å². The Morgan fingerprint density at radius 3 is 2.04 bits per heavy atom. The lowest BCUT2D eigenvalue weighted by Crippen LogP contribution is -1.99. The first-order chi connectivity index (χ1) is 12.2. The summed E-state index contributed by atoms with van der Waals surface area (Å²) in [7, 11) is 0. The molecule has 1 rings (SSSR count). The van der Waals surface area contributed by atoms with Crippen molar-refractivity contribution in [3.05, 3.63) is 77.3 Å². The highest BCUT2D eigenvalue weighted by atomic mass is 35.5. The fourth-order valence-corrected chi connectivity index (χ4v) is 1.47. The first-order valence-corrected chi connectivity index (χ1v) is 8.51. The Morgan fingerprint density at radius 2 is 1.65 bits per heavy atom. The van der Waals surface area contributed by atoms with Gasteiger partial charge < -0.3 is 10.2 Å². The van der Waals surface area contributed by atoms with Gasteiger partial charge in [-0.05, 0) is 18.4 Å². The van der Waals surface area contributed by atoms with Crippen LogP contribution in [0.4, 0.5) is 0 Å². The number of allylic oxidation sites excluding steroid dienone is 2. The van der Waals surface area contributed by atoms with Gasteiger partial charge in [0.25, 0.3) is 0 Å². The summed E-state index contributed by atoms with van der Waals surface area (Å²) in [6, 6.07) is 9.84. The Bertz CT molecular complexity index is 616. The van der Waals surface area contributed by atoms with Crippen molar-refractivity contribution in [1.29, 1.82) is 0 Å². The average Bonchev–Trinajstić information content (AvgIpc) is 2.58. The van der Waals surface area contributed by atoms with E-state index in [0.717, 1.165) is 24.5 Å². The van der Waals surface area contributed by atoms with Gasteiger partial charge in [0.15, 0.2) is 0 Å². The molecule has 0 aliphatic carbocycles. The van der Waals surface area contributed by atoms with Crippen LogP contribution in [0.3, 0.4) is 0 Å². The summed E-state index contributed by atoms with van der Waals surface area (Å²) in [5, 5.41) is 16.6. The average molecular weight is 399 g/mol. The van der Waals surface area contributed by atoms with Crippen molar-refractivity contribution in [3.63, 3.8) is 0 Å². The number of unbranched alkanes of at least 4 members (excludes halogenated alkanes) is 1. The maximum atomic E-state index is 10.9. The number of rotatable bonds is 7. The molecule has 0 aliphatic rings. The first kappa shape index (κ1) is 25.9.